The van der Waals surface area contributed by atoms with Crippen LogP contribution in [0.25, 0.3) is 0 Å². The SMILES string of the molecule is CC(C)OCCN(C)CC(O)CC(=O)O. The van der Waals surface area contributed by atoms with Crippen LogP contribution in [-0.2, 0) is 9.53 Å². The molecule has 0 bridgehead atoms. The molecule has 0 saturated carbocycles. The van der Waals surface area contributed by atoms with E-state index in [2.05, 4.69) is 0 Å². The quantitative estimate of drug-likeness (QED) is 0.609. The number of hydrogen-bond donors (Lipinski definition) is 2. The molecule has 1 atom stereocenters. The number of carbonyl (C=O) groups is 1. The number of likely N-dealkylation sites (N-methyl/N-ethyl adjacent to an activating group) is 1. The van der Waals surface area contributed by atoms with Crippen LogP contribution in [-0.4, -0.2) is 60.0 Å². The van der Waals surface area contributed by atoms with Gasteiger partial charge in [0.05, 0.1) is 25.2 Å². The Morgan fingerprint density at radius 3 is 2.53 bits per heavy atom. The first-order valence-electron chi connectivity index (χ1n) is 5.11. The molecule has 0 aromatic carbocycles. The summed E-state index contributed by atoms with van der Waals surface area (Å²) in [6.45, 7) is 5.55. The van der Waals surface area contributed by atoms with Gasteiger partial charge in [-0.15, -0.1) is 0 Å². The van der Waals surface area contributed by atoms with E-state index < -0.39 is 12.1 Å². The maximum Gasteiger partial charge on any atom is 0.306 e. The molecular weight excluding hydrogens is 198 g/mol. The molecule has 0 spiro atoms. The zero-order valence-electron chi connectivity index (χ0n) is 9.64. The number of aliphatic hydroxyl groups excluding tert-OH is 1. The van der Waals surface area contributed by atoms with E-state index in [4.69, 9.17) is 9.84 Å². The van der Waals surface area contributed by atoms with Gasteiger partial charge < -0.3 is 19.8 Å². The molecule has 0 heterocycles. The van der Waals surface area contributed by atoms with Crippen molar-refractivity contribution in [3.05, 3.63) is 0 Å². The standard InChI is InChI=1S/C10H21NO4/c1-8(2)15-5-4-11(3)7-9(12)6-10(13)14/h8-9,12H,4-7H2,1-3H3,(H,13,14). The molecule has 0 amide bonds. The van der Waals surface area contributed by atoms with Gasteiger partial charge >= 0.3 is 5.97 Å². The van der Waals surface area contributed by atoms with Gasteiger partial charge in [-0.25, -0.2) is 0 Å². The van der Waals surface area contributed by atoms with Crippen molar-refractivity contribution in [1.29, 1.82) is 0 Å². The number of carboxylic acids is 1. The molecule has 0 fully saturated rings. The van der Waals surface area contributed by atoms with Crippen LogP contribution < -0.4 is 0 Å². The van der Waals surface area contributed by atoms with Crippen molar-refractivity contribution in [2.45, 2.75) is 32.5 Å². The zero-order chi connectivity index (χ0) is 11.8. The van der Waals surface area contributed by atoms with Gasteiger partial charge in [-0.05, 0) is 20.9 Å². The molecule has 0 rings (SSSR count). The average Bonchev–Trinajstić information content (AvgIpc) is 2.00. The molecule has 90 valence electrons. The fourth-order valence-electron chi connectivity index (χ4n) is 1.16. The first-order valence-corrected chi connectivity index (χ1v) is 5.11. The second kappa shape index (κ2) is 7.62. The van der Waals surface area contributed by atoms with E-state index in [1.54, 1.807) is 0 Å². The van der Waals surface area contributed by atoms with Crippen LogP contribution in [0.5, 0.6) is 0 Å². The third-order valence-electron chi connectivity index (χ3n) is 1.86. The Kier molecular flexibility index (Phi) is 7.29. The minimum atomic E-state index is -0.977. The molecule has 0 aromatic rings. The molecule has 0 aliphatic carbocycles. The third kappa shape index (κ3) is 9.65. The topological polar surface area (TPSA) is 70.0 Å². The van der Waals surface area contributed by atoms with E-state index in [1.807, 2.05) is 25.8 Å². The zero-order valence-corrected chi connectivity index (χ0v) is 9.64. The maximum absolute atomic E-state index is 10.3. The van der Waals surface area contributed by atoms with E-state index in [9.17, 15) is 9.90 Å². The highest BCUT2D eigenvalue weighted by Crippen LogP contribution is 1.96. The predicted octanol–water partition coefficient (Wildman–Crippen LogP) is 0.179. The Morgan fingerprint density at radius 1 is 1.47 bits per heavy atom. The van der Waals surface area contributed by atoms with Crippen LogP contribution in [0.2, 0.25) is 0 Å². The molecule has 0 aliphatic rings. The monoisotopic (exact) mass is 219 g/mol. The summed E-state index contributed by atoms with van der Waals surface area (Å²) >= 11 is 0. The van der Waals surface area contributed by atoms with Gasteiger partial charge in [0.25, 0.3) is 0 Å². The molecule has 2 N–H and O–H groups in total. The summed E-state index contributed by atoms with van der Waals surface area (Å²) < 4.78 is 5.34. The Hall–Kier alpha value is -0.650. The second-order valence-electron chi connectivity index (χ2n) is 3.93. The van der Waals surface area contributed by atoms with Crippen LogP contribution in [0.15, 0.2) is 0 Å². The molecule has 5 heteroatoms. The highest BCUT2D eigenvalue weighted by atomic mass is 16.5. The van der Waals surface area contributed by atoms with E-state index in [0.717, 1.165) is 0 Å². The van der Waals surface area contributed by atoms with Crippen molar-refractivity contribution in [3.63, 3.8) is 0 Å². The van der Waals surface area contributed by atoms with Crippen LogP contribution in [0.3, 0.4) is 0 Å². The molecule has 1 unspecified atom stereocenters. The summed E-state index contributed by atoms with van der Waals surface area (Å²) in [6, 6.07) is 0. The number of aliphatic carboxylic acids is 1. The van der Waals surface area contributed by atoms with E-state index in [-0.39, 0.29) is 12.5 Å². The Labute approximate surface area is 90.6 Å². The number of aliphatic hydroxyl groups is 1. The minimum Gasteiger partial charge on any atom is -0.481 e. The number of hydrogen-bond acceptors (Lipinski definition) is 4. The Bertz CT molecular complexity index is 184. The van der Waals surface area contributed by atoms with Gasteiger partial charge in [0.1, 0.15) is 0 Å². The number of ether oxygens (including phenoxy) is 1. The first-order chi connectivity index (χ1) is 6.91. The summed E-state index contributed by atoms with van der Waals surface area (Å²) in [5.74, 6) is -0.977. The van der Waals surface area contributed by atoms with Crippen molar-refractivity contribution in [3.8, 4) is 0 Å². The van der Waals surface area contributed by atoms with Gasteiger partial charge in [0.2, 0.25) is 0 Å². The number of carboxylic acid groups (broad SMARTS) is 1. The second-order valence-corrected chi connectivity index (χ2v) is 3.93. The summed E-state index contributed by atoms with van der Waals surface area (Å²) in [7, 11) is 1.83. The summed E-state index contributed by atoms with van der Waals surface area (Å²) in [5.41, 5.74) is 0. The molecular formula is C10H21NO4. The molecule has 5 nitrogen and oxygen atoms in total. The minimum absolute atomic E-state index is 0.197. The van der Waals surface area contributed by atoms with Crippen molar-refractivity contribution < 1.29 is 19.7 Å². The van der Waals surface area contributed by atoms with Crippen molar-refractivity contribution in [1.82, 2.24) is 4.90 Å². The highest BCUT2D eigenvalue weighted by molar-refractivity contribution is 5.67. The lowest BCUT2D eigenvalue weighted by molar-refractivity contribution is -0.139. The van der Waals surface area contributed by atoms with Crippen LogP contribution in [0.1, 0.15) is 20.3 Å². The van der Waals surface area contributed by atoms with Crippen LogP contribution in [0, 0.1) is 0 Å². The van der Waals surface area contributed by atoms with Crippen molar-refractivity contribution >= 4 is 5.97 Å². The fraction of sp³-hybridized carbons (Fsp3) is 0.900. The summed E-state index contributed by atoms with van der Waals surface area (Å²) in [6.07, 6.45) is -0.830. The van der Waals surface area contributed by atoms with Crippen molar-refractivity contribution in [2.75, 3.05) is 26.7 Å². The summed E-state index contributed by atoms with van der Waals surface area (Å²) in [5, 5.41) is 17.8. The van der Waals surface area contributed by atoms with Gasteiger partial charge in [-0.2, -0.15) is 0 Å². The molecule has 0 radical (unpaired) electrons. The smallest absolute Gasteiger partial charge is 0.306 e. The lowest BCUT2D eigenvalue weighted by Gasteiger charge is -2.20. The molecule has 0 aliphatic heterocycles. The molecule has 0 aromatic heterocycles. The molecule has 0 saturated heterocycles. The number of nitrogens with zero attached hydrogens (tertiary/aromatic N) is 1. The largest absolute Gasteiger partial charge is 0.481 e. The van der Waals surface area contributed by atoms with Gasteiger partial charge in [0.15, 0.2) is 0 Å². The Balaban J connectivity index is 3.55. The fourth-order valence-corrected chi connectivity index (χ4v) is 1.16. The summed E-state index contributed by atoms with van der Waals surface area (Å²) in [4.78, 5) is 12.1. The average molecular weight is 219 g/mol. The van der Waals surface area contributed by atoms with E-state index in [1.165, 1.54) is 0 Å². The lowest BCUT2D eigenvalue weighted by atomic mass is 10.2. The van der Waals surface area contributed by atoms with Crippen LogP contribution >= 0.6 is 0 Å². The van der Waals surface area contributed by atoms with Gasteiger partial charge in [0, 0.05) is 13.1 Å². The first kappa shape index (κ1) is 14.3. The van der Waals surface area contributed by atoms with Crippen molar-refractivity contribution in [2.24, 2.45) is 0 Å². The van der Waals surface area contributed by atoms with Crippen LogP contribution in [0.4, 0.5) is 0 Å². The molecule has 15 heavy (non-hydrogen) atoms. The van der Waals surface area contributed by atoms with E-state index >= 15 is 0 Å². The van der Waals surface area contributed by atoms with Gasteiger partial charge in [-0.3, -0.25) is 4.79 Å². The normalized spacial score (nSPS) is 13.5. The lowest BCUT2D eigenvalue weighted by Crippen LogP contribution is -2.33. The van der Waals surface area contributed by atoms with E-state index in [0.29, 0.717) is 19.7 Å². The van der Waals surface area contributed by atoms with Gasteiger partial charge in [-0.1, -0.05) is 0 Å². The third-order valence-corrected chi connectivity index (χ3v) is 1.86. The highest BCUT2D eigenvalue weighted by Gasteiger charge is 2.11. The predicted molar refractivity (Wildman–Crippen MR) is 56.8 cm³/mol. The maximum atomic E-state index is 10.3. The Morgan fingerprint density at radius 2 is 2.07 bits per heavy atom. The number of rotatable bonds is 8.